The largest absolute Gasteiger partial charge is 0.478 e. The fraction of sp³-hybridized carbons (Fsp3) is 0.417. The summed E-state index contributed by atoms with van der Waals surface area (Å²) in [6.07, 6.45) is 0.643. The van der Waals surface area contributed by atoms with Crippen molar-refractivity contribution in [3.05, 3.63) is 16.8 Å². The smallest absolute Gasteiger partial charge is 0.339 e. The Morgan fingerprint density at radius 2 is 2.12 bits per heavy atom. The van der Waals surface area contributed by atoms with Crippen LogP contribution in [0.2, 0.25) is 0 Å². The van der Waals surface area contributed by atoms with Crippen molar-refractivity contribution in [1.82, 2.24) is 10.2 Å². The third-order valence-electron chi connectivity index (χ3n) is 2.39. The van der Waals surface area contributed by atoms with Crippen molar-refractivity contribution in [2.45, 2.75) is 27.2 Å². The second-order valence-corrected chi connectivity index (χ2v) is 3.54. The van der Waals surface area contributed by atoms with Gasteiger partial charge in [-0.25, -0.2) is 4.79 Å². The molecule has 0 atom stereocenters. The molecule has 0 unspecified atom stereocenters. The Hall–Kier alpha value is -2.09. The van der Waals surface area contributed by atoms with E-state index in [4.69, 9.17) is 5.11 Å². The SMILES string of the molecule is CC#CCCNc1nnc(C)c(C)c1C(=O)O. The van der Waals surface area contributed by atoms with Gasteiger partial charge in [-0.15, -0.1) is 16.9 Å². The van der Waals surface area contributed by atoms with E-state index in [1.807, 2.05) is 0 Å². The molecule has 0 saturated heterocycles. The monoisotopic (exact) mass is 233 g/mol. The second-order valence-electron chi connectivity index (χ2n) is 3.54. The van der Waals surface area contributed by atoms with E-state index in [1.165, 1.54) is 0 Å². The highest BCUT2D eigenvalue weighted by Gasteiger charge is 2.16. The van der Waals surface area contributed by atoms with Crippen molar-refractivity contribution in [2.24, 2.45) is 0 Å². The van der Waals surface area contributed by atoms with Crippen LogP contribution in [0.5, 0.6) is 0 Å². The number of hydrogen-bond donors (Lipinski definition) is 2. The molecule has 0 aliphatic carbocycles. The Bertz CT molecular complexity index is 487. The van der Waals surface area contributed by atoms with Crippen molar-refractivity contribution in [3.63, 3.8) is 0 Å². The highest BCUT2D eigenvalue weighted by molar-refractivity contribution is 5.94. The summed E-state index contributed by atoms with van der Waals surface area (Å²) in [5.41, 5.74) is 1.44. The minimum atomic E-state index is -0.996. The average Bonchev–Trinajstić information content (AvgIpc) is 2.28. The van der Waals surface area contributed by atoms with Crippen molar-refractivity contribution in [3.8, 4) is 11.8 Å². The Morgan fingerprint density at radius 3 is 2.71 bits per heavy atom. The minimum Gasteiger partial charge on any atom is -0.478 e. The summed E-state index contributed by atoms with van der Waals surface area (Å²) in [5, 5.41) is 19.9. The number of carboxylic acid groups (broad SMARTS) is 1. The van der Waals surface area contributed by atoms with Crippen LogP contribution in [-0.2, 0) is 0 Å². The molecule has 0 amide bonds. The lowest BCUT2D eigenvalue weighted by atomic mass is 10.1. The Morgan fingerprint density at radius 1 is 1.41 bits per heavy atom. The summed E-state index contributed by atoms with van der Waals surface area (Å²) >= 11 is 0. The van der Waals surface area contributed by atoms with E-state index in [0.29, 0.717) is 30.0 Å². The van der Waals surface area contributed by atoms with Crippen LogP contribution in [0.4, 0.5) is 5.82 Å². The van der Waals surface area contributed by atoms with Gasteiger partial charge < -0.3 is 10.4 Å². The summed E-state index contributed by atoms with van der Waals surface area (Å²) in [4.78, 5) is 11.1. The molecule has 0 fully saturated rings. The molecule has 0 spiro atoms. The summed E-state index contributed by atoms with van der Waals surface area (Å²) in [6, 6.07) is 0. The van der Waals surface area contributed by atoms with Crippen molar-refractivity contribution in [2.75, 3.05) is 11.9 Å². The highest BCUT2D eigenvalue weighted by atomic mass is 16.4. The van der Waals surface area contributed by atoms with E-state index in [0.717, 1.165) is 0 Å². The minimum absolute atomic E-state index is 0.182. The van der Waals surface area contributed by atoms with Crippen LogP contribution in [0, 0.1) is 25.7 Å². The average molecular weight is 233 g/mol. The van der Waals surface area contributed by atoms with Crippen LogP contribution < -0.4 is 5.32 Å². The zero-order valence-corrected chi connectivity index (χ0v) is 10.2. The third kappa shape index (κ3) is 3.18. The molecule has 0 saturated carbocycles. The summed E-state index contributed by atoms with van der Waals surface area (Å²) < 4.78 is 0. The number of aromatic carboxylic acids is 1. The molecule has 17 heavy (non-hydrogen) atoms. The highest BCUT2D eigenvalue weighted by Crippen LogP contribution is 2.18. The molecular formula is C12H15N3O2. The van der Waals surface area contributed by atoms with Gasteiger partial charge >= 0.3 is 5.97 Å². The lowest BCUT2D eigenvalue weighted by molar-refractivity contribution is 0.0696. The van der Waals surface area contributed by atoms with Gasteiger partial charge in [-0.05, 0) is 26.3 Å². The number of rotatable bonds is 4. The molecule has 1 aromatic rings. The van der Waals surface area contributed by atoms with Gasteiger partial charge in [-0.3, -0.25) is 0 Å². The van der Waals surface area contributed by atoms with E-state index < -0.39 is 5.97 Å². The van der Waals surface area contributed by atoms with Crippen LogP contribution >= 0.6 is 0 Å². The third-order valence-corrected chi connectivity index (χ3v) is 2.39. The first-order chi connectivity index (χ1) is 8.07. The van der Waals surface area contributed by atoms with Crippen LogP contribution in [0.25, 0.3) is 0 Å². The predicted octanol–water partition coefficient (Wildman–Crippen LogP) is 1.62. The number of hydrogen-bond acceptors (Lipinski definition) is 4. The molecule has 0 radical (unpaired) electrons. The standard InChI is InChI=1S/C12H15N3O2/c1-4-5-6-7-13-11-10(12(16)17)8(2)9(3)14-15-11/h6-7H2,1-3H3,(H,13,15)(H,16,17). The van der Waals surface area contributed by atoms with Gasteiger partial charge in [0.05, 0.1) is 5.69 Å². The summed E-state index contributed by atoms with van der Waals surface area (Å²) in [7, 11) is 0. The molecule has 1 aromatic heterocycles. The predicted molar refractivity (Wildman–Crippen MR) is 65.0 cm³/mol. The van der Waals surface area contributed by atoms with Crippen molar-refractivity contribution >= 4 is 11.8 Å². The Labute approximate surface area is 100 Å². The van der Waals surface area contributed by atoms with Crippen molar-refractivity contribution in [1.29, 1.82) is 0 Å². The fourth-order valence-corrected chi connectivity index (χ4v) is 1.36. The maximum absolute atomic E-state index is 11.1. The van der Waals surface area contributed by atoms with Gasteiger partial charge in [0, 0.05) is 13.0 Å². The molecule has 5 nitrogen and oxygen atoms in total. The van der Waals surface area contributed by atoms with Gasteiger partial charge in [0.15, 0.2) is 5.82 Å². The lowest BCUT2D eigenvalue weighted by Gasteiger charge is -2.10. The number of aromatic nitrogens is 2. The van der Waals surface area contributed by atoms with Gasteiger partial charge in [0.25, 0.3) is 0 Å². The molecule has 1 rings (SSSR count). The van der Waals surface area contributed by atoms with Gasteiger partial charge in [-0.2, -0.15) is 5.10 Å². The maximum Gasteiger partial charge on any atom is 0.339 e. The maximum atomic E-state index is 11.1. The van der Waals surface area contributed by atoms with Crippen LogP contribution in [0.1, 0.15) is 35.0 Å². The quantitative estimate of drug-likeness (QED) is 0.610. The molecule has 0 aliphatic rings. The molecule has 2 N–H and O–H groups in total. The van der Waals surface area contributed by atoms with E-state index in [-0.39, 0.29) is 5.56 Å². The number of carboxylic acids is 1. The van der Waals surface area contributed by atoms with Gasteiger partial charge in [0.2, 0.25) is 0 Å². The van der Waals surface area contributed by atoms with Crippen LogP contribution in [0.15, 0.2) is 0 Å². The molecule has 0 aliphatic heterocycles. The lowest BCUT2D eigenvalue weighted by Crippen LogP contribution is -2.13. The first-order valence-electron chi connectivity index (χ1n) is 5.28. The van der Waals surface area contributed by atoms with E-state index in [2.05, 4.69) is 27.4 Å². The fourth-order valence-electron chi connectivity index (χ4n) is 1.36. The number of nitrogens with one attached hydrogen (secondary N) is 1. The molecule has 0 bridgehead atoms. The number of aryl methyl sites for hydroxylation is 1. The van der Waals surface area contributed by atoms with Gasteiger partial charge in [-0.1, -0.05) is 0 Å². The molecule has 5 heteroatoms. The Balaban J connectivity index is 2.94. The van der Waals surface area contributed by atoms with E-state index in [1.54, 1.807) is 20.8 Å². The summed E-state index contributed by atoms with van der Waals surface area (Å²) in [6.45, 7) is 5.78. The molecule has 0 aromatic carbocycles. The molecule has 90 valence electrons. The molecule has 1 heterocycles. The number of carbonyl (C=O) groups is 1. The normalized spacial score (nSPS) is 9.35. The summed E-state index contributed by atoms with van der Waals surface area (Å²) in [5.74, 6) is 4.96. The topological polar surface area (TPSA) is 75.1 Å². The first-order valence-corrected chi connectivity index (χ1v) is 5.28. The molecular weight excluding hydrogens is 218 g/mol. The van der Waals surface area contributed by atoms with Crippen LogP contribution in [-0.4, -0.2) is 27.8 Å². The number of anilines is 1. The Kier molecular flexibility index (Phi) is 4.46. The second kappa shape index (κ2) is 5.85. The number of nitrogens with zero attached hydrogens (tertiary/aromatic N) is 2. The van der Waals surface area contributed by atoms with E-state index >= 15 is 0 Å². The van der Waals surface area contributed by atoms with Crippen LogP contribution in [0.3, 0.4) is 0 Å². The zero-order chi connectivity index (χ0) is 12.8. The van der Waals surface area contributed by atoms with Crippen molar-refractivity contribution < 1.29 is 9.90 Å². The first kappa shape index (κ1) is 13.0. The van der Waals surface area contributed by atoms with Gasteiger partial charge in [0.1, 0.15) is 5.56 Å². The zero-order valence-electron chi connectivity index (χ0n) is 10.2. The van der Waals surface area contributed by atoms with E-state index in [9.17, 15) is 4.79 Å².